The molecular weight excluding hydrogens is 278 g/mol. The molecule has 0 aromatic heterocycles. The van der Waals surface area contributed by atoms with E-state index in [-0.39, 0.29) is 0 Å². The molecule has 2 N–H and O–H groups in total. The molecule has 0 unspecified atom stereocenters. The van der Waals surface area contributed by atoms with Gasteiger partial charge in [-0.1, -0.05) is 42.0 Å². The number of hydrogen-bond donors (Lipinski definition) is 1. The molecule has 2 aromatic carbocycles. The zero-order valence-corrected chi connectivity index (χ0v) is 12.9. The summed E-state index contributed by atoms with van der Waals surface area (Å²) in [4.78, 5) is 11.7. The van der Waals surface area contributed by atoms with E-state index in [1.807, 2.05) is 43.3 Å². The fourth-order valence-electron chi connectivity index (χ4n) is 2.22. The third kappa shape index (κ3) is 3.28. The number of carbonyl (C=O) groups is 1. The van der Waals surface area contributed by atoms with Crippen LogP contribution in [0.5, 0.6) is 5.75 Å². The van der Waals surface area contributed by atoms with Crippen molar-refractivity contribution in [2.75, 3.05) is 20.0 Å². The summed E-state index contributed by atoms with van der Waals surface area (Å²) in [5.41, 5.74) is 9.96. The Hall–Kier alpha value is -2.75. The molecule has 0 fully saturated rings. The van der Waals surface area contributed by atoms with Crippen molar-refractivity contribution >= 4 is 17.2 Å². The van der Waals surface area contributed by atoms with Crippen LogP contribution in [-0.2, 0) is 9.53 Å². The summed E-state index contributed by atoms with van der Waals surface area (Å²) in [5.74, 6) is 0.110. The molecule has 22 heavy (non-hydrogen) atoms. The minimum atomic E-state index is -0.431. The number of para-hydroxylation sites is 1. The summed E-state index contributed by atoms with van der Waals surface area (Å²) >= 11 is 0. The highest BCUT2D eigenvalue weighted by Gasteiger charge is 2.14. The molecule has 4 nitrogen and oxygen atoms in total. The highest BCUT2D eigenvalue weighted by Crippen LogP contribution is 2.35. The van der Waals surface area contributed by atoms with Crippen molar-refractivity contribution in [2.24, 2.45) is 0 Å². The second-order valence-electron chi connectivity index (χ2n) is 4.88. The lowest BCUT2D eigenvalue weighted by Gasteiger charge is -2.14. The average Bonchev–Trinajstić information content (AvgIpc) is 2.53. The number of esters is 1. The molecule has 0 amide bonds. The maximum Gasteiger partial charge on any atom is 0.331 e. The Bertz CT molecular complexity index is 703. The van der Waals surface area contributed by atoms with Gasteiger partial charge in [0.2, 0.25) is 0 Å². The predicted molar refractivity (Wildman–Crippen MR) is 87.7 cm³/mol. The molecular formula is C18H19NO3. The van der Waals surface area contributed by atoms with E-state index in [1.165, 1.54) is 13.2 Å². The Morgan fingerprint density at radius 1 is 1.09 bits per heavy atom. The minimum Gasteiger partial charge on any atom is -0.494 e. The van der Waals surface area contributed by atoms with Crippen molar-refractivity contribution in [1.82, 2.24) is 0 Å². The number of carbonyl (C=O) groups excluding carboxylic acids is 1. The number of aryl methyl sites for hydroxylation is 1. The minimum absolute atomic E-state index is 0.431. The van der Waals surface area contributed by atoms with Gasteiger partial charge in [-0.15, -0.1) is 0 Å². The van der Waals surface area contributed by atoms with Crippen LogP contribution < -0.4 is 10.5 Å². The van der Waals surface area contributed by atoms with Crippen LogP contribution in [-0.4, -0.2) is 20.2 Å². The van der Waals surface area contributed by atoms with Gasteiger partial charge in [0, 0.05) is 11.6 Å². The van der Waals surface area contributed by atoms with Crippen molar-refractivity contribution in [3.63, 3.8) is 0 Å². The highest BCUT2D eigenvalue weighted by atomic mass is 16.5. The van der Waals surface area contributed by atoms with E-state index in [1.54, 1.807) is 13.2 Å². The van der Waals surface area contributed by atoms with Gasteiger partial charge in [-0.3, -0.25) is 0 Å². The number of methoxy groups -OCH3 is 2. The molecule has 0 saturated heterocycles. The molecule has 2 rings (SSSR count). The van der Waals surface area contributed by atoms with Gasteiger partial charge in [0.1, 0.15) is 5.75 Å². The summed E-state index contributed by atoms with van der Waals surface area (Å²) < 4.78 is 10.2. The SMILES string of the molecule is COC(=O)/C=C(\c1ccc(C)cc1)c1cccc(N)c1OC. The van der Waals surface area contributed by atoms with Gasteiger partial charge in [-0.25, -0.2) is 4.79 Å². The summed E-state index contributed by atoms with van der Waals surface area (Å²) in [7, 11) is 2.91. The number of rotatable bonds is 4. The molecule has 0 aliphatic carbocycles. The largest absolute Gasteiger partial charge is 0.494 e. The van der Waals surface area contributed by atoms with Gasteiger partial charge in [0.15, 0.2) is 0 Å². The molecule has 0 heterocycles. The smallest absolute Gasteiger partial charge is 0.331 e. The standard InChI is InChI=1S/C18H19NO3/c1-12-7-9-13(10-8-12)15(11-17(20)21-2)14-5-4-6-16(19)18(14)22-3/h4-11H,19H2,1-3H3/b15-11+. The van der Waals surface area contributed by atoms with E-state index in [0.717, 1.165) is 16.7 Å². The number of nitrogens with two attached hydrogens (primary N) is 1. The van der Waals surface area contributed by atoms with Gasteiger partial charge in [-0.2, -0.15) is 0 Å². The topological polar surface area (TPSA) is 61.5 Å². The van der Waals surface area contributed by atoms with Crippen molar-refractivity contribution in [2.45, 2.75) is 6.92 Å². The maximum atomic E-state index is 11.7. The van der Waals surface area contributed by atoms with Crippen LogP contribution in [0.4, 0.5) is 5.69 Å². The molecule has 0 saturated carbocycles. The summed E-state index contributed by atoms with van der Waals surface area (Å²) in [5, 5.41) is 0. The van der Waals surface area contributed by atoms with Crippen LogP contribution in [0.25, 0.3) is 5.57 Å². The summed E-state index contributed by atoms with van der Waals surface area (Å²) in [6.45, 7) is 2.01. The van der Waals surface area contributed by atoms with Crippen LogP contribution in [0.2, 0.25) is 0 Å². The van der Waals surface area contributed by atoms with Crippen LogP contribution >= 0.6 is 0 Å². The molecule has 0 aliphatic heterocycles. The normalized spacial score (nSPS) is 11.1. The quantitative estimate of drug-likeness (QED) is 0.535. The second kappa shape index (κ2) is 6.80. The van der Waals surface area contributed by atoms with E-state index >= 15 is 0 Å². The van der Waals surface area contributed by atoms with E-state index in [0.29, 0.717) is 17.0 Å². The molecule has 0 aliphatic rings. The zero-order chi connectivity index (χ0) is 16.1. The number of nitrogen functional groups attached to an aromatic ring is 1. The molecule has 2 aromatic rings. The predicted octanol–water partition coefficient (Wildman–Crippen LogP) is 3.19. The first kappa shape index (κ1) is 15.6. The Kier molecular flexibility index (Phi) is 4.84. The first-order valence-electron chi connectivity index (χ1n) is 6.86. The Balaban J connectivity index is 2.64. The van der Waals surface area contributed by atoms with Gasteiger partial charge in [0.25, 0.3) is 0 Å². The van der Waals surface area contributed by atoms with Crippen LogP contribution in [0.1, 0.15) is 16.7 Å². The lowest BCUT2D eigenvalue weighted by atomic mass is 9.95. The Morgan fingerprint density at radius 2 is 1.77 bits per heavy atom. The monoisotopic (exact) mass is 297 g/mol. The van der Waals surface area contributed by atoms with Gasteiger partial charge in [0.05, 0.1) is 19.9 Å². The second-order valence-corrected chi connectivity index (χ2v) is 4.88. The van der Waals surface area contributed by atoms with Crippen LogP contribution in [0.3, 0.4) is 0 Å². The third-order valence-corrected chi connectivity index (χ3v) is 3.37. The molecule has 0 bridgehead atoms. The lowest BCUT2D eigenvalue weighted by Crippen LogP contribution is -2.02. The molecule has 4 heteroatoms. The van der Waals surface area contributed by atoms with Gasteiger partial charge < -0.3 is 15.2 Å². The maximum absolute atomic E-state index is 11.7. The fourth-order valence-corrected chi connectivity index (χ4v) is 2.22. The zero-order valence-electron chi connectivity index (χ0n) is 12.9. The number of ether oxygens (including phenoxy) is 2. The Labute approximate surface area is 130 Å². The lowest BCUT2D eigenvalue weighted by molar-refractivity contribution is -0.134. The first-order chi connectivity index (χ1) is 10.6. The molecule has 114 valence electrons. The fraction of sp³-hybridized carbons (Fsp3) is 0.167. The van der Waals surface area contributed by atoms with Crippen LogP contribution in [0.15, 0.2) is 48.5 Å². The number of anilines is 1. The van der Waals surface area contributed by atoms with Crippen molar-refractivity contribution < 1.29 is 14.3 Å². The Morgan fingerprint density at radius 3 is 2.36 bits per heavy atom. The van der Waals surface area contributed by atoms with E-state index in [4.69, 9.17) is 15.2 Å². The molecule has 0 radical (unpaired) electrons. The van der Waals surface area contributed by atoms with Crippen molar-refractivity contribution in [3.8, 4) is 5.75 Å². The summed E-state index contributed by atoms with van der Waals surface area (Å²) in [6.07, 6.45) is 1.45. The molecule has 0 atom stereocenters. The van der Waals surface area contributed by atoms with E-state index in [2.05, 4.69) is 0 Å². The van der Waals surface area contributed by atoms with Crippen molar-refractivity contribution in [3.05, 3.63) is 65.2 Å². The third-order valence-electron chi connectivity index (χ3n) is 3.37. The average molecular weight is 297 g/mol. The first-order valence-corrected chi connectivity index (χ1v) is 6.86. The van der Waals surface area contributed by atoms with E-state index in [9.17, 15) is 4.79 Å². The van der Waals surface area contributed by atoms with Crippen LogP contribution in [0, 0.1) is 6.92 Å². The summed E-state index contributed by atoms with van der Waals surface area (Å²) in [6, 6.07) is 13.3. The number of hydrogen-bond acceptors (Lipinski definition) is 4. The van der Waals surface area contributed by atoms with Gasteiger partial charge in [-0.05, 0) is 24.1 Å². The van der Waals surface area contributed by atoms with Crippen molar-refractivity contribution in [1.29, 1.82) is 0 Å². The molecule has 0 spiro atoms. The number of benzene rings is 2. The van der Waals surface area contributed by atoms with E-state index < -0.39 is 5.97 Å². The highest BCUT2D eigenvalue weighted by molar-refractivity contribution is 5.98. The van der Waals surface area contributed by atoms with Gasteiger partial charge >= 0.3 is 5.97 Å².